The standard InChI is InChI=1S/C18H24N6O3/c1-23-21-17(20-22-23)12-2-4-13(5-3-12)18(26)19-14-8-15-11-27-16(6-7-25)10-24(15)9-14/h2-5,14-16,25H,6-11H2,1H3,(H,19,26)/t14-,15+,16+/m1/s1. The van der Waals surface area contributed by atoms with E-state index in [1.807, 2.05) is 12.1 Å². The van der Waals surface area contributed by atoms with Crippen LogP contribution in [0, 0.1) is 0 Å². The molecule has 2 aromatic rings. The van der Waals surface area contributed by atoms with Crippen LogP contribution in [0.2, 0.25) is 0 Å². The molecule has 9 nitrogen and oxygen atoms in total. The maximum atomic E-state index is 12.6. The lowest BCUT2D eigenvalue weighted by Gasteiger charge is -2.34. The van der Waals surface area contributed by atoms with Crippen LogP contribution in [0.15, 0.2) is 24.3 Å². The van der Waals surface area contributed by atoms with Gasteiger partial charge in [0.1, 0.15) is 0 Å². The fourth-order valence-corrected chi connectivity index (χ4v) is 3.80. The highest BCUT2D eigenvalue weighted by Gasteiger charge is 2.37. The summed E-state index contributed by atoms with van der Waals surface area (Å²) in [5.41, 5.74) is 1.44. The summed E-state index contributed by atoms with van der Waals surface area (Å²) in [6.07, 6.45) is 1.63. The molecule has 0 bridgehead atoms. The monoisotopic (exact) mass is 372 g/mol. The van der Waals surface area contributed by atoms with Gasteiger partial charge in [0, 0.05) is 42.9 Å². The van der Waals surface area contributed by atoms with Crippen LogP contribution < -0.4 is 5.32 Å². The van der Waals surface area contributed by atoms with E-state index in [4.69, 9.17) is 9.84 Å². The molecule has 2 N–H and O–H groups in total. The number of aliphatic hydroxyl groups is 1. The number of morpholine rings is 1. The van der Waals surface area contributed by atoms with Gasteiger partial charge < -0.3 is 15.2 Å². The Bertz CT molecular complexity index is 793. The second kappa shape index (κ2) is 7.71. The van der Waals surface area contributed by atoms with E-state index < -0.39 is 0 Å². The maximum absolute atomic E-state index is 12.6. The second-order valence-electron chi connectivity index (χ2n) is 7.16. The highest BCUT2D eigenvalue weighted by Crippen LogP contribution is 2.24. The predicted octanol–water partition coefficient (Wildman–Crippen LogP) is -0.169. The third kappa shape index (κ3) is 4.00. The number of aliphatic hydroxyl groups excluding tert-OH is 1. The molecule has 3 atom stereocenters. The van der Waals surface area contributed by atoms with Crippen molar-refractivity contribution >= 4 is 5.91 Å². The maximum Gasteiger partial charge on any atom is 0.251 e. The topological polar surface area (TPSA) is 105 Å². The summed E-state index contributed by atoms with van der Waals surface area (Å²) in [5.74, 6) is 0.459. The quantitative estimate of drug-likeness (QED) is 0.751. The fraction of sp³-hybridized carbons (Fsp3) is 0.556. The largest absolute Gasteiger partial charge is 0.396 e. The smallest absolute Gasteiger partial charge is 0.251 e. The molecule has 2 aliphatic rings. The van der Waals surface area contributed by atoms with Gasteiger partial charge in [0.15, 0.2) is 0 Å². The van der Waals surface area contributed by atoms with Gasteiger partial charge in [-0.1, -0.05) is 12.1 Å². The van der Waals surface area contributed by atoms with Crippen molar-refractivity contribution in [2.75, 3.05) is 26.3 Å². The normalized spacial score (nSPS) is 25.3. The summed E-state index contributed by atoms with van der Waals surface area (Å²) in [6, 6.07) is 7.68. The van der Waals surface area contributed by atoms with E-state index in [2.05, 4.69) is 25.6 Å². The molecule has 0 radical (unpaired) electrons. The number of hydrogen-bond acceptors (Lipinski definition) is 7. The van der Waals surface area contributed by atoms with Gasteiger partial charge in [-0.15, -0.1) is 10.2 Å². The van der Waals surface area contributed by atoms with Crippen molar-refractivity contribution in [2.24, 2.45) is 7.05 Å². The average molecular weight is 372 g/mol. The molecule has 3 heterocycles. The highest BCUT2D eigenvalue weighted by molar-refractivity contribution is 5.94. The first-order valence-corrected chi connectivity index (χ1v) is 9.24. The Morgan fingerprint density at radius 3 is 2.85 bits per heavy atom. The number of benzene rings is 1. The lowest BCUT2D eigenvalue weighted by Crippen LogP contribution is -2.46. The molecule has 2 fully saturated rings. The number of fused-ring (bicyclic) bond motifs is 1. The Hall–Kier alpha value is -2.36. The van der Waals surface area contributed by atoms with Gasteiger partial charge in [-0.25, -0.2) is 0 Å². The van der Waals surface area contributed by atoms with E-state index in [1.165, 1.54) is 4.80 Å². The van der Waals surface area contributed by atoms with Gasteiger partial charge >= 0.3 is 0 Å². The minimum Gasteiger partial charge on any atom is -0.396 e. The summed E-state index contributed by atoms with van der Waals surface area (Å²) in [5, 5.41) is 24.2. The number of tetrazole rings is 1. The third-order valence-electron chi connectivity index (χ3n) is 5.19. The fourth-order valence-electron chi connectivity index (χ4n) is 3.80. The predicted molar refractivity (Wildman–Crippen MR) is 96.9 cm³/mol. The molecule has 0 unspecified atom stereocenters. The number of carbonyl (C=O) groups excluding carboxylic acids is 1. The molecular formula is C18H24N6O3. The zero-order valence-electron chi connectivity index (χ0n) is 15.3. The van der Waals surface area contributed by atoms with Crippen molar-refractivity contribution in [3.8, 4) is 11.4 Å². The van der Waals surface area contributed by atoms with Crippen LogP contribution in [0.25, 0.3) is 11.4 Å². The van der Waals surface area contributed by atoms with Crippen molar-refractivity contribution in [3.05, 3.63) is 29.8 Å². The number of hydrogen-bond donors (Lipinski definition) is 2. The molecule has 4 rings (SSSR count). The first-order valence-electron chi connectivity index (χ1n) is 9.24. The molecule has 1 aromatic heterocycles. The Morgan fingerprint density at radius 2 is 2.15 bits per heavy atom. The van der Waals surface area contributed by atoms with E-state index in [0.717, 1.165) is 25.1 Å². The van der Waals surface area contributed by atoms with Crippen LogP contribution in [0.3, 0.4) is 0 Å². The molecule has 0 saturated carbocycles. The number of aromatic nitrogens is 4. The van der Waals surface area contributed by atoms with Crippen molar-refractivity contribution in [3.63, 3.8) is 0 Å². The van der Waals surface area contributed by atoms with Crippen LogP contribution in [0.4, 0.5) is 0 Å². The Balaban J connectivity index is 1.34. The van der Waals surface area contributed by atoms with Crippen LogP contribution in [0.5, 0.6) is 0 Å². The minimum absolute atomic E-state index is 0.0775. The van der Waals surface area contributed by atoms with Crippen LogP contribution >= 0.6 is 0 Å². The highest BCUT2D eigenvalue weighted by atomic mass is 16.5. The molecule has 1 aromatic carbocycles. The molecule has 2 saturated heterocycles. The summed E-state index contributed by atoms with van der Waals surface area (Å²) < 4.78 is 5.79. The SMILES string of the molecule is Cn1nnc(-c2ccc(C(=O)N[C@@H]3C[C@H]4CO[C@@H](CCO)CN4C3)cc2)n1. The number of nitrogens with one attached hydrogen (secondary N) is 1. The molecule has 2 aliphatic heterocycles. The molecule has 144 valence electrons. The van der Waals surface area contributed by atoms with Crippen molar-refractivity contribution < 1.29 is 14.6 Å². The van der Waals surface area contributed by atoms with Gasteiger partial charge in [-0.3, -0.25) is 9.69 Å². The van der Waals surface area contributed by atoms with Gasteiger partial charge in [0.05, 0.1) is 19.8 Å². The summed E-state index contributed by atoms with van der Waals surface area (Å²) in [4.78, 5) is 16.3. The lowest BCUT2D eigenvalue weighted by molar-refractivity contribution is -0.0566. The summed E-state index contributed by atoms with van der Waals surface area (Å²) >= 11 is 0. The van der Waals surface area contributed by atoms with E-state index >= 15 is 0 Å². The molecular weight excluding hydrogens is 348 g/mol. The number of rotatable bonds is 5. The Labute approximate surface area is 157 Å². The number of aryl methyl sites for hydroxylation is 1. The molecule has 0 aliphatic carbocycles. The van der Waals surface area contributed by atoms with Crippen molar-refractivity contribution in [1.82, 2.24) is 30.4 Å². The number of amides is 1. The lowest BCUT2D eigenvalue weighted by atomic mass is 10.1. The number of carbonyl (C=O) groups is 1. The van der Waals surface area contributed by atoms with E-state index in [0.29, 0.717) is 30.5 Å². The van der Waals surface area contributed by atoms with Crippen molar-refractivity contribution in [1.29, 1.82) is 0 Å². The Morgan fingerprint density at radius 1 is 1.33 bits per heavy atom. The first kappa shape index (κ1) is 18.0. The zero-order valence-corrected chi connectivity index (χ0v) is 15.3. The average Bonchev–Trinajstić information content (AvgIpc) is 3.27. The molecule has 1 amide bonds. The molecule has 0 spiro atoms. The number of ether oxygens (including phenoxy) is 1. The number of nitrogens with zero attached hydrogens (tertiary/aromatic N) is 5. The molecule has 27 heavy (non-hydrogen) atoms. The van der Waals surface area contributed by atoms with E-state index in [-0.39, 0.29) is 24.7 Å². The zero-order chi connectivity index (χ0) is 18.8. The van der Waals surface area contributed by atoms with Gasteiger partial charge in [0.2, 0.25) is 5.82 Å². The second-order valence-corrected chi connectivity index (χ2v) is 7.16. The minimum atomic E-state index is -0.0775. The van der Waals surface area contributed by atoms with E-state index in [9.17, 15) is 4.79 Å². The van der Waals surface area contributed by atoms with Crippen molar-refractivity contribution in [2.45, 2.75) is 31.0 Å². The van der Waals surface area contributed by atoms with Crippen LogP contribution in [-0.4, -0.2) is 80.6 Å². The van der Waals surface area contributed by atoms with Gasteiger partial charge in [0.25, 0.3) is 5.91 Å². The summed E-state index contributed by atoms with van der Waals surface area (Å²) in [6.45, 7) is 2.45. The molecule has 9 heteroatoms. The Kier molecular flexibility index (Phi) is 5.15. The van der Waals surface area contributed by atoms with E-state index in [1.54, 1.807) is 19.2 Å². The van der Waals surface area contributed by atoms with Gasteiger partial charge in [-0.2, -0.15) is 4.80 Å². The van der Waals surface area contributed by atoms with Crippen LogP contribution in [0.1, 0.15) is 23.2 Å². The third-order valence-corrected chi connectivity index (χ3v) is 5.19. The summed E-state index contributed by atoms with van der Waals surface area (Å²) in [7, 11) is 1.71. The first-order chi connectivity index (χ1) is 13.1. The van der Waals surface area contributed by atoms with Crippen LogP contribution in [-0.2, 0) is 11.8 Å². The van der Waals surface area contributed by atoms with Gasteiger partial charge in [-0.05, 0) is 30.2 Å².